The van der Waals surface area contributed by atoms with Crippen molar-refractivity contribution in [3.63, 3.8) is 0 Å². The lowest BCUT2D eigenvalue weighted by atomic mass is 10.2. The molecule has 0 fully saturated rings. The average molecular weight is 270 g/mol. The third-order valence-corrected chi connectivity index (χ3v) is 2.64. The third-order valence-electron chi connectivity index (χ3n) is 2.05. The van der Waals surface area contributed by atoms with Crippen LogP contribution in [0, 0.1) is 0 Å². The normalized spacial score (nSPS) is 13.7. The highest BCUT2D eigenvalue weighted by atomic mass is 32.2. The van der Waals surface area contributed by atoms with E-state index in [0.29, 0.717) is 0 Å². The van der Waals surface area contributed by atoms with Crippen molar-refractivity contribution < 1.29 is 8.42 Å². The zero-order chi connectivity index (χ0) is 13.8. The highest BCUT2D eigenvalue weighted by Gasteiger charge is 2.06. The van der Waals surface area contributed by atoms with Crippen molar-refractivity contribution in [1.29, 1.82) is 0 Å². The van der Waals surface area contributed by atoms with E-state index in [9.17, 15) is 8.42 Å². The Kier molecular flexibility index (Phi) is 4.69. The van der Waals surface area contributed by atoms with E-state index in [4.69, 9.17) is 11.5 Å². The predicted molar refractivity (Wildman–Crippen MR) is 74.4 cm³/mol. The second kappa shape index (κ2) is 5.83. The fraction of sp³-hybridized carbons (Fsp3) is 0.364. The molecule has 1 heterocycles. The zero-order valence-electron chi connectivity index (χ0n) is 10.4. The van der Waals surface area contributed by atoms with Crippen molar-refractivity contribution in [3.05, 3.63) is 23.9 Å². The number of sulfonamides is 1. The molecule has 100 valence electrons. The molecular formula is C11H18N4O2S. The fourth-order valence-electron chi connectivity index (χ4n) is 1.28. The van der Waals surface area contributed by atoms with Crippen molar-refractivity contribution in [1.82, 2.24) is 4.98 Å². The van der Waals surface area contributed by atoms with Crippen LogP contribution in [0.4, 0.5) is 11.5 Å². The molecule has 0 unspecified atom stereocenters. The minimum Gasteiger partial charge on any atom is -0.382 e. The van der Waals surface area contributed by atoms with E-state index in [1.54, 1.807) is 12.3 Å². The van der Waals surface area contributed by atoms with E-state index >= 15 is 0 Å². The second-order valence-corrected chi connectivity index (χ2v) is 5.94. The van der Waals surface area contributed by atoms with Crippen LogP contribution >= 0.6 is 0 Å². The van der Waals surface area contributed by atoms with Gasteiger partial charge in [0.25, 0.3) is 0 Å². The van der Waals surface area contributed by atoms with Crippen LogP contribution in [0.2, 0.25) is 0 Å². The fourth-order valence-corrected chi connectivity index (χ4v) is 1.85. The molecule has 0 saturated carbocycles. The van der Waals surface area contributed by atoms with Crippen LogP contribution in [-0.2, 0) is 10.0 Å². The largest absolute Gasteiger partial charge is 0.382 e. The number of anilines is 2. The summed E-state index contributed by atoms with van der Waals surface area (Å²) in [4.78, 5) is 3.93. The molecular weight excluding hydrogens is 252 g/mol. The van der Waals surface area contributed by atoms with E-state index < -0.39 is 10.0 Å². The first-order valence-electron chi connectivity index (χ1n) is 5.43. The number of nitrogens with two attached hydrogens (primary N) is 2. The molecule has 0 aliphatic rings. The van der Waals surface area contributed by atoms with Crippen molar-refractivity contribution in [3.8, 4) is 0 Å². The molecule has 1 aromatic heterocycles. The molecule has 1 rings (SSSR count). The molecule has 0 bridgehead atoms. The monoisotopic (exact) mass is 270 g/mol. The summed E-state index contributed by atoms with van der Waals surface area (Å²) in [7, 11) is -3.36. The maximum atomic E-state index is 11.1. The Labute approximate surface area is 107 Å². The average Bonchev–Trinajstić information content (AvgIpc) is 2.20. The standard InChI is InChI=1S/C11H18N4O2S/c1-8(12)4-3-5-9-6-10(11(13)14-7-9)15-18(2,16)17/h3,5-8,15H,4,12H2,1-2H3,(H2,13,14)/b5-3+/t8-/m0/s1. The zero-order valence-corrected chi connectivity index (χ0v) is 11.2. The summed E-state index contributed by atoms with van der Waals surface area (Å²) in [6.07, 6.45) is 7.09. The molecule has 18 heavy (non-hydrogen) atoms. The van der Waals surface area contributed by atoms with Crippen LogP contribution in [0.5, 0.6) is 0 Å². The highest BCUT2D eigenvalue weighted by Crippen LogP contribution is 2.19. The number of nitrogens with one attached hydrogen (secondary N) is 1. The van der Waals surface area contributed by atoms with Gasteiger partial charge >= 0.3 is 0 Å². The minimum absolute atomic E-state index is 0.0802. The number of nitrogen functional groups attached to an aromatic ring is 1. The van der Waals surface area contributed by atoms with Gasteiger partial charge in [-0.05, 0) is 25.0 Å². The van der Waals surface area contributed by atoms with Gasteiger partial charge in [0.2, 0.25) is 10.0 Å². The van der Waals surface area contributed by atoms with E-state index in [1.165, 1.54) is 0 Å². The number of nitrogens with zero attached hydrogens (tertiary/aromatic N) is 1. The second-order valence-electron chi connectivity index (χ2n) is 4.19. The van der Waals surface area contributed by atoms with E-state index in [0.717, 1.165) is 18.2 Å². The Bertz CT molecular complexity index is 538. The predicted octanol–water partition coefficient (Wildman–Crippen LogP) is 0.786. The summed E-state index contributed by atoms with van der Waals surface area (Å²) >= 11 is 0. The van der Waals surface area contributed by atoms with Crippen molar-refractivity contribution in [2.24, 2.45) is 5.73 Å². The van der Waals surface area contributed by atoms with Crippen molar-refractivity contribution >= 4 is 27.6 Å². The molecule has 0 saturated heterocycles. The first kappa shape index (κ1) is 14.5. The molecule has 0 radical (unpaired) electrons. The summed E-state index contributed by atoms with van der Waals surface area (Å²) in [5.41, 5.74) is 12.2. The summed E-state index contributed by atoms with van der Waals surface area (Å²) in [6, 6.07) is 1.71. The Hall–Kier alpha value is -1.60. The van der Waals surface area contributed by atoms with Gasteiger partial charge in [0.05, 0.1) is 11.9 Å². The molecule has 1 atom stereocenters. The topological polar surface area (TPSA) is 111 Å². The number of hydrogen-bond acceptors (Lipinski definition) is 5. The molecule has 1 aromatic rings. The van der Waals surface area contributed by atoms with Crippen LogP contribution in [0.25, 0.3) is 6.08 Å². The molecule has 0 aliphatic heterocycles. The van der Waals surface area contributed by atoms with Crippen LogP contribution in [0.1, 0.15) is 18.9 Å². The number of hydrogen-bond donors (Lipinski definition) is 3. The molecule has 0 amide bonds. The molecule has 0 spiro atoms. The Balaban J connectivity index is 2.90. The molecule has 7 heteroatoms. The third kappa shape index (κ3) is 5.15. The molecule has 0 aromatic carbocycles. The minimum atomic E-state index is -3.36. The number of rotatable bonds is 5. The lowest BCUT2D eigenvalue weighted by Gasteiger charge is -2.07. The van der Waals surface area contributed by atoms with Gasteiger partial charge in [-0.3, -0.25) is 4.72 Å². The highest BCUT2D eigenvalue weighted by molar-refractivity contribution is 7.92. The van der Waals surface area contributed by atoms with Crippen LogP contribution in [-0.4, -0.2) is 25.7 Å². The van der Waals surface area contributed by atoms with Gasteiger partial charge in [-0.25, -0.2) is 13.4 Å². The Morgan fingerprint density at radius 1 is 1.56 bits per heavy atom. The first-order valence-corrected chi connectivity index (χ1v) is 7.32. The van der Waals surface area contributed by atoms with Crippen molar-refractivity contribution in [2.45, 2.75) is 19.4 Å². The summed E-state index contributed by atoms with van der Waals surface area (Å²) in [5.74, 6) is 0.143. The summed E-state index contributed by atoms with van der Waals surface area (Å²) in [5, 5.41) is 0. The number of pyridine rings is 1. The lowest BCUT2D eigenvalue weighted by molar-refractivity contribution is 0.607. The van der Waals surface area contributed by atoms with E-state index in [1.807, 2.05) is 19.1 Å². The van der Waals surface area contributed by atoms with Gasteiger partial charge in [-0.1, -0.05) is 12.2 Å². The SMILES string of the molecule is C[C@H](N)C/C=C/c1cnc(N)c(NS(C)(=O)=O)c1. The first-order chi connectivity index (χ1) is 8.28. The van der Waals surface area contributed by atoms with Crippen LogP contribution in [0.3, 0.4) is 0 Å². The van der Waals surface area contributed by atoms with Gasteiger partial charge in [0.1, 0.15) is 5.82 Å². The molecule has 0 aliphatic carbocycles. The summed E-state index contributed by atoms with van der Waals surface area (Å²) < 4.78 is 24.6. The van der Waals surface area contributed by atoms with Crippen molar-refractivity contribution in [2.75, 3.05) is 16.7 Å². The Morgan fingerprint density at radius 3 is 2.78 bits per heavy atom. The van der Waals surface area contributed by atoms with E-state index in [-0.39, 0.29) is 17.5 Å². The van der Waals surface area contributed by atoms with E-state index in [2.05, 4.69) is 9.71 Å². The Morgan fingerprint density at radius 2 is 2.22 bits per heavy atom. The smallest absolute Gasteiger partial charge is 0.229 e. The maximum Gasteiger partial charge on any atom is 0.229 e. The lowest BCUT2D eigenvalue weighted by Crippen LogP contribution is -2.12. The molecule has 6 nitrogen and oxygen atoms in total. The quantitative estimate of drug-likeness (QED) is 0.732. The van der Waals surface area contributed by atoms with Gasteiger partial charge in [-0.2, -0.15) is 0 Å². The van der Waals surface area contributed by atoms with Gasteiger partial charge in [0, 0.05) is 12.2 Å². The van der Waals surface area contributed by atoms with Crippen LogP contribution < -0.4 is 16.2 Å². The molecule has 5 N–H and O–H groups in total. The van der Waals surface area contributed by atoms with Gasteiger partial charge < -0.3 is 11.5 Å². The summed E-state index contributed by atoms with van der Waals surface area (Å²) in [6.45, 7) is 1.90. The maximum absolute atomic E-state index is 11.1. The van der Waals surface area contributed by atoms with Crippen LogP contribution in [0.15, 0.2) is 18.3 Å². The number of aromatic nitrogens is 1. The van der Waals surface area contributed by atoms with Gasteiger partial charge in [-0.15, -0.1) is 0 Å². The van der Waals surface area contributed by atoms with Gasteiger partial charge in [0.15, 0.2) is 0 Å².